The van der Waals surface area contributed by atoms with Crippen molar-refractivity contribution in [2.24, 2.45) is 0 Å². The maximum absolute atomic E-state index is 0. The molecule has 0 saturated heterocycles. The van der Waals surface area contributed by atoms with Crippen molar-refractivity contribution in [1.29, 1.82) is 0 Å². The summed E-state index contributed by atoms with van der Waals surface area (Å²) in [5.41, 5.74) is 0. The molecule has 0 aromatic carbocycles. The van der Waals surface area contributed by atoms with Gasteiger partial charge in [-0.2, -0.15) is 0 Å². The van der Waals surface area contributed by atoms with Gasteiger partial charge in [0, 0.05) is 0 Å². The van der Waals surface area contributed by atoms with Gasteiger partial charge in [-0.05, 0) is 0 Å². The van der Waals surface area contributed by atoms with Gasteiger partial charge in [-0.25, -0.2) is 0 Å². The molecule has 0 aromatic heterocycles. The zero-order valence-corrected chi connectivity index (χ0v) is 8.44. The van der Waals surface area contributed by atoms with Crippen LogP contribution < -0.4 is 37.2 Å². The summed E-state index contributed by atoms with van der Waals surface area (Å²) >= 11 is 0. The smallest absolute Gasteiger partial charge is 1.00 e. The second kappa shape index (κ2) is 96.1. The van der Waals surface area contributed by atoms with E-state index in [2.05, 4.69) is 0 Å². The third-order valence-corrected chi connectivity index (χ3v) is 0. The van der Waals surface area contributed by atoms with E-state index in [0.29, 0.717) is 0 Å². The molecule has 0 spiro atoms. The van der Waals surface area contributed by atoms with E-state index < -0.39 is 0 Å². The summed E-state index contributed by atoms with van der Waals surface area (Å²) in [6, 6.07) is 0. The largest absolute Gasteiger partial charge is 3.00 e. The Labute approximate surface area is 86.5 Å². The van der Waals surface area contributed by atoms with E-state index in [1.54, 1.807) is 0 Å². The van der Waals surface area contributed by atoms with Crippen molar-refractivity contribution in [1.82, 2.24) is 0 Å². The Balaban J connectivity index is 0. The van der Waals surface area contributed by atoms with Crippen molar-refractivity contribution in [3.63, 3.8) is 0 Å². The number of halogens is 5. The zero-order valence-electron chi connectivity index (χ0n) is 2.80. The predicted molar refractivity (Wildman–Crippen MR) is 18.1 cm³/mol. The zero-order chi connectivity index (χ0) is 0. The monoisotopic (exact) mass is 297 g/mol. The Morgan fingerprint density at radius 1 is 0.571 bits per heavy atom. The third-order valence-electron chi connectivity index (χ3n) is 0. The fraction of sp³-hybridized carbons (Fsp3) is 0. The Hall–Kier alpha value is 2.03. The van der Waals surface area contributed by atoms with Crippen LogP contribution in [0.1, 0.15) is 0 Å². The van der Waals surface area contributed by atoms with E-state index in [1.165, 1.54) is 0 Å². The maximum atomic E-state index is 0. The molecule has 53 valence electrons. The van der Waals surface area contributed by atoms with Gasteiger partial charge >= 0.3 is 19.5 Å². The van der Waals surface area contributed by atoms with Crippen LogP contribution in [0.15, 0.2) is 0 Å². The molecule has 0 atom stereocenters. The number of hydrogen-bond acceptors (Lipinski definition) is 0. The summed E-state index contributed by atoms with van der Waals surface area (Å²) < 4.78 is 0. The van der Waals surface area contributed by atoms with Gasteiger partial charge in [0.1, 0.15) is 0 Å². The molecule has 0 rings (SSSR count). The van der Waals surface area contributed by atoms with Crippen LogP contribution >= 0.6 is 24.8 Å². The molecule has 0 unspecified atom stereocenters. The number of hydrogen-bond donors (Lipinski definition) is 0. The van der Waals surface area contributed by atoms with Crippen molar-refractivity contribution < 1.29 is 62.2 Å². The van der Waals surface area contributed by atoms with E-state index in [0.717, 1.165) is 0 Å². The summed E-state index contributed by atoms with van der Waals surface area (Å²) in [5.74, 6) is 0. The Morgan fingerprint density at radius 2 is 0.571 bits per heavy atom. The fourth-order valence-corrected chi connectivity index (χ4v) is 0. The van der Waals surface area contributed by atoms with Crippen molar-refractivity contribution >= 4 is 24.8 Å². The molecule has 7 heteroatoms. The van der Waals surface area contributed by atoms with Crippen molar-refractivity contribution in [2.45, 2.75) is 0 Å². The summed E-state index contributed by atoms with van der Waals surface area (Å²) in [4.78, 5) is 0. The molecule has 0 bridgehead atoms. The van der Waals surface area contributed by atoms with Crippen molar-refractivity contribution in [3.8, 4) is 0 Å². The summed E-state index contributed by atoms with van der Waals surface area (Å²) in [7, 11) is 0. The van der Waals surface area contributed by atoms with E-state index in [9.17, 15) is 0 Å². The first kappa shape index (κ1) is 141. The van der Waals surface area contributed by atoms with E-state index in [-0.39, 0.29) is 87.0 Å². The molecule has 7 heavy (non-hydrogen) atoms. The summed E-state index contributed by atoms with van der Waals surface area (Å²) in [5, 5.41) is 0. The second-order valence-corrected chi connectivity index (χ2v) is 0. The normalized spacial score (nSPS) is 0. The molecule has 1 radical (unpaired) electrons. The van der Waals surface area contributed by atoms with Crippen LogP contribution in [0.25, 0.3) is 0 Å². The third kappa shape index (κ3) is 70.7. The van der Waals surface area contributed by atoms with Crippen LogP contribution in [-0.4, -0.2) is 5.48 Å². The molecule has 0 heterocycles. The van der Waals surface area contributed by atoms with Gasteiger partial charge in [-0.3, -0.25) is 0 Å². The standard InChI is InChI=1S/5ClH.H2O.Ru/h5*1H;1H2;/q;;;;;;+3/p-3. The molecule has 0 amide bonds. The molecule has 2 N–H and O–H groups in total. The first-order valence-corrected chi connectivity index (χ1v) is 0. The molecule has 0 aliphatic rings. The van der Waals surface area contributed by atoms with Crippen molar-refractivity contribution in [2.75, 3.05) is 0 Å². The first-order valence-electron chi connectivity index (χ1n) is 0. The van der Waals surface area contributed by atoms with E-state index in [4.69, 9.17) is 0 Å². The summed E-state index contributed by atoms with van der Waals surface area (Å²) in [6.07, 6.45) is 0. The van der Waals surface area contributed by atoms with Crippen LogP contribution in [0, 0.1) is 0 Å². The maximum Gasteiger partial charge on any atom is 3.00 e. The van der Waals surface area contributed by atoms with Crippen LogP contribution in [0.4, 0.5) is 0 Å². The van der Waals surface area contributed by atoms with Crippen LogP contribution in [0.2, 0.25) is 0 Å². The molecular weight excluding hydrogens is 294 g/mol. The molecule has 0 aromatic rings. The second-order valence-electron chi connectivity index (χ2n) is 0. The predicted octanol–water partition coefficient (Wildman–Crippen LogP) is -8.97. The van der Waals surface area contributed by atoms with Crippen LogP contribution in [0.3, 0.4) is 0 Å². The minimum Gasteiger partial charge on any atom is -1.00 e. The van der Waals surface area contributed by atoms with E-state index in [1.807, 2.05) is 0 Å². The summed E-state index contributed by atoms with van der Waals surface area (Å²) in [6.45, 7) is 0. The van der Waals surface area contributed by atoms with Gasteiger partial charge in [-0.15, -0.1) is 24.8 Å². The molecule has 0 aliphatic heterocycles. The van der Waals surface area contributed by atoms with E-state index >= 15 is 0 Å². The Kier molecular flexibility index (Phi) is 1940. The van der Waals surface area contributed by atoms with Gasteiger partial charge in [0.05, 0.1) is 0 Å². The van der Waals surface area contributed by atoms with Crippen LogP contribution in [-0.2, 0) is 19.5 Å². The molecule has 0 saturated carbocycles. The van der Waals surface area contributed by atoms with Gasteiger partial charge in [0.2, 0.25) is 0 Å². The average Bonchev–Trinajstić information content (AvgIpc) is 0. The SMILES string of the molecule is Cl.Cl.O.[Cl-].[Cl-].[Cl-].[Ru+3]. The quantitative estimate of drug-likeness (QED) is 0.398. The first-order chi connectivity index (χ1) is 0. The molecule has 0 aliphatic carbocycles. The Morgan fingerprint density at radius 3 is 0.571 bits per heavy atom. The van der Waals surface area contributed by atoms with Crippen molar-refractivity contribution in [3.05, 3.63) is 0 Å². The fourth-order valence-electron chi connectivity index (χ4n) is 0. The van der Waals surface area contributed by atoms with Crippen LogP contribution in [0.5, 0.6) is 0 Å². The Bertz CT molecular complexity index is 8.04. The van der Waals surface area contributed by atoms with Gasteiger partial charge in [0.25, 0.3) is 0 Å². The van der Waals surface area contributed by atoms with Gasteiger partial charge < -0.3 is 42.7 Å². The van der Waals surface area contributed by atoms with Gasteiger partial charge in [0.15, 0.2) is 0 Å². The minimum absolute atomic E-state index is 0. The minimum atomic E-state index is 0. The molecule has 1 nitrogen and oxygen atoms in total. The average molecular weight is 298 g/mol. The number of rotatable bonds is 0. The van der Waals surface area contributed by atoms with Gasteiger partial charge in [-0.1, -0.05) is 0 Å². The molecule has 0 fully saturated rings. The topological polar surface area (TPSA) is 31.5 Å². The molecular formula is H4Cl5ORu.